The van der Waals surface area contributed by atoms with Crippen molar-refractivity contribution in [2.45, 2.75) is 45.3 Å². The first-order chi connectivity index (χ1) is 14.9. The van der Waals surface area contributed by atoms with E-state index in [0.717, 1.165) is 37.4 Å². The first-order valence-electron chi connectivity index (χ1n) is 10.7. The van der Waals surface area contributed by atoms with Gasteiger partial charge in [0.2, 0.25) is 0 Å². The normalized spacial score (nSPS) is 21.3. The Hall–Kier alpha value is -3.14. The fraction of sp³-hybridized carbons (Fsp3) is 0.545. The SMILES string of the molecule is CC(C)(C)c1cc(N2CCN(C[C@@]3(C)Cn4cc([N+](=O)[O-])nc4O3)CC2)ccc1C(=O)O. The highest BCUT2D eigenvalue weighted by molar-refractivity contribution is 5.90. The summed E-state index contributed by atoms with van der Waals surface area (Å²) in [4.78, 5) is 30.6. The Bertz CT molecular complexity index is 1030. The highest BCUT2D eigenvalue weighted by Gasteiger charge is 2.41. The number of rotatable bonds is 5. The topological polar surface area (TPSA) is 114 Å². The number of fused-ring (bicyclic) bond motifs is 1. The van der Waals surface area contributed by atoms with Gasteiger partial charge in [0.25, 0.3) is 0 Å². The zero-order valence-electron chi connectivity index (χ0n) is 18.9. The lowest BCUT2D eigenvalue weighted by Crippen LogP contribution is -2.52. The van der Waals surface area contributed by atoms with Crippen molar-refractivity contribution in [2.75, 3.05) is 37.6 Å². The lowest BCUT2D eigenvalue weighted by molar-refractivity contribution is -0.389. The number of anilines is 1. The van der Waals surface area contributed by atoms with Gasteiger partial charge in [0.1, 0.15) is 11.8 Å². The van der Waals surface area contributed by atoms with E-state index < -0.39 is 16.5 Å². The maximum Gasteiger partial charge on any atom is 0.415 e. The molecule has 2 aromatic rings. The van der Waals surface area contributed by atoms with Crippen LogP contribution in [0, 0.1) is 10.1 Å². The molecule has 0 radical (unpaired) electrons. The Kier molecular flexibility index (Phi) is 5.36. The number of carboxylic acids is 1. The van der Waals surface area contributed by atoms with E-state index in [-0.39, 0.29) is 11.2 Å². The van der Waals surface area contributed by atoms with Gasteiger partial charge in [-0.1, -0.05) is 20.8 Å². The summed E-state index contributed by atoms with van der Waals surface area (Å²) in [5.74, 6) is -1.10. The van der Waals surface area contributed by atoms with Crippen LogP contribution in [0.4, 0.5) is 11.5 Å². The first-order valence-corrected chi connectivity index (χ1v) is 10.7. The fourth-order valence-corrected chi connectivity index (χ4v) is 4.54. The zero-order valence-corrected chi connectivity index (χ0v) is 18.9. The Morgan fingerprint density at radius 2 is 1.97 bits per heavy atom. The summed E-state index contributed by atoms with van der Waals surface area (Å²) in [6.07, 6.45) is 1.42. The molecule has 2 aliphatic rings. The third kappa shape index (κ3) is 4.27. The predicted molar refractivity (Wildman–Crippen MR) is 119 cm³/mol. The Balaban J connectivity index is 1.39. The quantitative estimate of drug-likeness (QED) is 0.554. The van der Waals surface area contributed by atoms with Crippen molar-refractivity contribution in [3.8, 4) is 6.01 Å². The number of ether oxygens (including phenoxy) is 1. The number of carboxylic acid groups (broad SMARTS) is 1. The number of imidazole rings is 1. The number of aromatic nitrogens is 2. The van der Waals surface area contributed by atoms with Gasteiger partial charge in [-0.15, -0.1) is 0 Å². The van der Waals surface area contributed by atoms with E-state index in [1.807, 2.05) is 39.8 Å². The third-order valence-corrected chi connectivity index (χ3v) is 6.09. The molecule has 4 rings (SSSR count). The maximum absolute atomic E-state index is 11.6. The zero-order chi connectivity index (χ0) is 23.3. The van der Waals surface area contributed by atoms with E-state index in [0.29, 0.717) is 24.7 Å². The summed E-state index contributed by atoms with van der Waals surface area (Å²) < 4.78 is 7.67. The van der Waals surface area contributed by atoms with Crippen molar-refractivity contribution in [1.82, 2.24) is 14.5 Å². The molecule has 1 atom stereocenters. The number of nitrogens with zero attached hydrogens (tertiary/aromatic N) is 5. The molecule has 172 valence electrons. The number of hydrogen-bond acceptors (Lipinski definition) is 7. The average Bonchev–Trinajstić information content (AvgIpc) is 3.22. The van der Waals surface area contributed by atoms with Crippen LogP contribution < -0.4 is 9.64 Å². The molecule has 1 aromatic heterocycles. The van der Waals surface area contributed by atoms with Crippen LogP contribution in [0.15, 0.2) is 24.4 Å². The maximum atomic E-state index is 11.6. The molecule has 3 heterocycles. The van der Waals surface area contributed by atoms with E-state index >= 15 is 0 Å². The Morgan fingerprint density at radius 3 is 2.53 bits per heavy atom. The van der Waals surface area contributed by atoms with E-state index in [4.69, 9.17) is 4.74 Å². The summed E-state index contributed by atoms with van der Waals surface area (Å²) in [5, 5.41) is 20.4. The molecule has 0 amide bonds. The highest BCUT2D eigenvalue weighted by atomic mass is 16.6. The van der Waals surface area contributed by atoms with Crippen LogP contribution in [0.2, 0.25) is 0 Å². The molecule has 2 aliphatic heterocycles. The van der Waals surface area contributed by atoms with Crippen molar-refractivity contribution in [2.24, 2.45) is 0 Å². The fourth-order valence-electron chi connectivity index (χ4n) is 4.54. The minimum absolute atomic E-state index is 0.195. The molecule has 10 nitrogen and oxygen atoms in total. The number of carbonyl (C=O) groups is 1. The molecule has 1 fully saturated rings. The van der Waals surface area contributed by atoms with Crippen LogP contribution >= 0.6 is 0 Å². The van der Waals surface area contributed by atoms with Crippen molar-refractivity contribution in [3.63, 3.8) is 0 Å². The van der Waals surface area contributed by atoms with Crippen molar-refractivity contribution in [1.29, 1.82) is 0 Å². The average molecular weight is 444 g/mol. The number of aromatic carboxylic acids is 1. The van der Waals surface area contributed by atoms with Gasteiger partial charge in [0, 0.05) is 43.4 Å². The van der Waals surface area contributed by atoms with Crippen molar-refractivity contribution < 1.29 is 19.6 Å². The van der Waals surface area contributed by atoms with E-state index in [1.165, 1.54) is 6.20 Å². The van der Waals surface area contributed by atoms with Gasteiger partial charge in [-0.05, 0) is 41.0 Å². The molecule has 1 aromatic carbocycles. The smallest absolute Gasteiger partial charge is 0.415 e. The summed E-state index contributed by atoms with van der Waals surface area (Å²) in [7, 11) is 0. The monoisotopic (exact) mass is 443 g/mol. The van der Waals surface area contributed by atoms with Crippen LogP contribution in [0.5, 0.6) is 6.01 Å². The van der Waals surface area contributed by atoms with Crippen LogP contribution in [0.1, 0.15) is 43.6 Å². The van der Waals surface area contributed by atoms with Crippen molar-refractivity contribution >= 4 is 17.5 Å². The van der Waals surface area contributed by atoms with E-state index in [1.54, 1.807) is 10.6 Å². The molecule has 1 saturated heterocycles. The van der Waals surface area contributed by atoms with Gasteiger partial charge in [0.15, 0.2) is 0 Å². The minimum atomic E-state index is -0.901. The molecule has 10 heteroatoms. The molecule has 0 bridgehead atoms. The molecular formula is C22H29N5O5. The second-order valence-electron chi connectivity index (χ2n) is 9.87. The van der Waals surface area contributed by atoms with Gasteiger partial charge in [0.05, 0.1) is 12.1 Å². The molecular weight excluding hydrogens is 414 g/mol. The van der Waals surface area contributed by atoms with Crippen LogP contribution in [-0.4, -0.2) is 68.8 Å². The molecule has 0 saturated carbocycles. The third-order valence-electron chi connectivity index (χ3n) is 6.09. The van der Waals surface area contributed by atoms with Crippen LogP contribution in [0.25, 0.3) is 0 Å². The van der Waals surface area contributed by atoms with Gasteiger partial charge in [-0.3, -0.25) is 9.47 Å². The molecule has 0 aliphatic carbocycles. The second kappa shape index (κ2) is 7.77. The largest absolute Gasteiger partial charge is 0.478 e. The molecule has 32 heavy (non-hydrogen) atoms. The van der Waals surface area contributed by atoms with Gasteiger partial charge in [-0.2, -0.15) is 0 Å². The minimum Gasteiger partial charge on any atom is -0.478 e. The predicted octanol–water partition coefficient (Wildman–Crippen LogP) is 2.76. The lowest BCUT2D eigenvalue weighted by Gasteiger charge is -2.39. The Labute approximate surface area is 186 Å². The van der Waals surface area contributed by atoms with Gasteiger partial charge in [-0.25, -0.2) is 4.79 Å². The van der Waals surface area contributed by atoms with Crippen LogP contribution in [-0.2, 0) is 12.0 Å². The van der Waals surface area contributed by atoms with Gasteiger partial charge >= 0.3 is 17.8 Å². The molecule has 0 spiro atoms. The van der Waals surface area contributed by atoms with Crippen molar-refractivity contribution in [3.05, 3.63) is 45.6 Å². The number of piperazine rings is 1. The number of nitro groups is 1. The van der Waals surface area contributed by atoms with E-state index in [9.17, 15) is 20.0 Å². The highest BCUT2D eigenvalue weighted by Crippen LogP contribution is 2.33. The molecule has 0 unspecified atom stereocenters. The van der Waals surface area contributed by atoms with E-state index in [2.05, 4.69) is 14.8 Å². The second-order valence-corrected chi connectivity index (χ2v) is 9.87. The summed E-state index contributed by atoms with van der Waals surface area (Å²) in [6.45, 7) is 12.6. The standard InChI is InChI=1S/C22H29N5O5/c1-21(2,3)17-11-15(5-6-16(17)19(28)29)25-9-7-24(8-10-25)13-22(4)14-26-12-18(27(30)31)23-20(26)32-22/h5-6,11-12H,7-10,13-14H2,1-4H3,(H,28,29)/t22-/m0/s1. The molecule has 1 N–H and O–H groups in total. The lowest BCUT2D eigenvalue weighted by atomic mass is 9.83. The first kappa shape index (κ1) is 22.1. The summed E-state index contributed by atoms with van der Waals surface area (Å²) >= 11 is 0. The summed E-state index contributed by atoms with van der Waals surface area (Å²) in [5.41, 5.74) is 1.47. The number of benzene rings is 1. The number of hydrogen-bond donors (Lipinski definition) is 1. The summed E-state index contributed by atoms with van der Waals surface area (Å²) in [6, 6.07) is 5.90. The van der Waals surface area contributed by atoms with Gasteiger partial charge < -0.3 is 24.9 Å². The Morgan fingerprint density at radius 1 is 1.28 bits per heavy atom. The van der Waals surface area contributed by atoms with Crippen LogP contribution in [0.3, 0.4) is 0 Å².